The molecule has 0 radical (unpaired) electrons. The Balaban J connectivity index is 0.00000113. The summed E-state index contributed by atoms with van der Waals surface area (Å²) in [4.78, 5) is 0. The van der Waals surface area contributed by atoms with E-state index in [0.29, 0.717) is 5.92 Å². The van der Waals surface area contributed by atoms with Gasteiger partial charge in [-0.05, 0) is 28.7 Å². The summed E-state index contributed by atoms with van der Waals surface area (Å²) in [6.45, 7) is 2.34. The standard InChI is InChI=1S/C23H20.2ClH.Zr/c1-3-16-23(2,17-10-4-5-11-17)22-20-14-8-6-12-18(20)19-13-7-9-15-21(19)22;;;/h1,4-10,12-15,22H,11,16H2,2H3;2*1H;. The van der Waals surface area contributed by atoms with Gasteiger partial charge in [-0.3, -0.25) is 0 Å². The Labute approximate surface area is 188 Å². The van der Waals surface area contributed by atoms with E-state index in [0.717, 1.165) is 12.8 Å². The van der Waals surface area contributed by atoms with E-state index in [1.807, 2.05) is 0 Å². The molecule has 2 aromatic rings. The molecule has 132 valence electrons. The van der Waals surface area contributed by atoms with Crippen molar-refractivity contribution in [3.8, 4) is 23.5 Å². The van der Waals surface area contributed by atoms with Crippen LogP contribution < -0.4 is 0 Å². The minimum absolute atomic E-state index is 0. The van der Waals surface area contributed by atoms with Crippen LogP contribution in [0.5, 0.6) is 0 Å². The maximum absolute atomic E-state index is 5.79. The fraction of sp³-hybridized carbons (Fsp3) is 0.217. The van der Waals surface area contributed by atoms with Crippen molar-refractivity contribution >= 4 is 24.8 Å². The minimum Gasteiger partial charge on any atom is -0.147 e. The molecular formula is C23H22Cl2Zr. The number of benzene rings is 2. The van der Waals surface area contributed by atoms with Crippen LogP contribution in [0.2, 0.25) is 0 Å². The van der Waals surface area contributed by atoms with Gasteiger partial charge in [-0.25, -0.2) is 0 Å². The maximum Gasteiger partial charge on any atom is 0.0202 e. The number of hydrogen-bond acceptors (Lipinski definition) is 0. The zero-order chi connectivity index (χ0) is 15.9. The zero-order valence-corrected chi connectivity index (χ0v) is 18.8. The van der Waals surface area contributed by atoms with Crippen LogP contribution in [0.15, 0.2) is 72.3 Å². The number of allylic oxidation sites excluding steroid dienone is 4. The second-order valence-corrected chi connectivity index (χ2v) is 6.73. The second kappa shape index (κ2) is 9.23. The molecule has 0 heterocycles. The van der Waals surface area contributed by atoms with Crippen LogP contribution in [-0.4, -0.2) is 0 Å². The molecule has 0 nitrogen and oxygen atoms in total. The molecule has 0 amide bonds. The normalized spacial score (nSPS) is 15.9. The van der Waals surface area contributed by atoms with Crippen LogP contribution in [0.25, 0.3) is 11.1 Å². The Morgan fingerprint density at radius 2 is 1.54 bits per heavy atom. The Bertz CT molecular complexity index is 830. The van der Waals surface area contributed by atoms with E-state index < -0.39 is 0 Å². The Kier molecular flexibility index (Phi) is 8.16. The van der Waals surface area contributed by atoms with E-state index in [1.165, 1.54) is 27.8 Å². The molecule has 1 unspecified atom stereocenters. The van der Waals surface area contributed by atoms with Gasteiger partial charge in [-0.15, -0.1) is 37.2 Å². The van der Waals surface area contributed by atoms with E-state index in [4.69, 9.17) is 6.42 Å². The molecule has 0 N–H and O–H groups in total. The van der Waals surface area contributed by atoms with Crippen LogP contribution in [0, 0.1) is 17.8 Å². The predicted molar refractivity (Wildman–Crippen MR) is 112 cm³/mol. The van der Waals surface area contributed by atoms with Crippen LogP contribution >= 0.6 is 24.8 Å². The van der Waals surface area contributed by atoms with E-state index in [-0.39, 0.29) is 56.4 Å². The number of hydrogen-bond donors (Lipinski definition) is 0. The average molecular weight is 461 g/mol. The van der Waals surface area contributed by atoms with E-state index in [2.05, 4.69) is 79.6 Å². The first-order valence-corrected chi connectivity index (χ1v) is 8.23. The van der Waals surface area contributed by atoms with Gasteiger partial charge >= 0.3 is 0 Å². The first-order valence-electron chi connectivity index (χ1n) is 8.23. The molecule has 0 saturated carbocycles. The molecule has 2 aliphatic carbocycles. The first kappa shape index (κ1) is 23.0. The average Bonchev–Trinajstić information content (AvgIpc) is 3.22. The minimum atomic E-state index is -0.0407. The monoisotopic (exact) mass is 458 g/mol. The summed E-state index contributed by atoms with van der Waals surface area (Å²) in [6.07, 6.45) is 14.2. The van der Waals surface area contributed by atoms with Crippen molar-refractivity contribution in [3.05, 3.63) is 83.5 Å². The summed E-state index contributed by atoms with van der Waals surface area (Å²) in [5, 5.41) is 0. The summed E-state index contributed by atoms with van der Waals surface area (Å²) in [5.41, 5.74) is 6.97. The summed E-state index contributed by atoms with van der Waals surface area (Å²) in [5.74, 6) is 3.29. The summed E-state index contributed by atoms with van der Waals surface area (Å²) in [6, 6.07) is 17.6. The van der Waals surface area contributed by atoms with Gasteiger partial charge in [-0.2, -0.15) is 0 Å². The van der Waals surface area contributed by atoms with Crippen molar-refractivity contribution in [2.24, 2.45) is 5.41 Å². The third-order valence-electron chi connectivity index (χ3n) is 5.45. The third kappa shape index (κ3) is 3.53. The predicted octanol–water partition coefficient (Wildman–Crippen LogP) is 6.56. The van der Waals surface area contributed by atoms with Crippen LogP contribution in [0.1, 0.15) is 36.8 Å². The molecule has 0 saturated heterocycles. The van der Waals surface area contributed by atoms with Gasteiger partial charge in [0.05, 0.1) is 0 Å². The second-order valence-electron chi connectivity index (χ2n) is 6.73. The van der Waals surface area contributed by atoms with Gasteiger partial charge < -0.3 is 0 Å². The van der Waals surface area contributed by atoms with Gasteiger partial charge in [0, 0.05) is 44.0 Å². The van der Waals surface area contributed by atoms with Crippen molar-refractivity contribution in [2.45, 2.75) is 25.7 Å². The number of halogens is 2. The summed E-state index contributed by atoms with van der Waals surface area (Å²) < 4.78 is 0. The molecule has 26 heavy (non-hydrogen) atoms. The molecule has 1 atom stereocenters. The molecule has 3 heteroatoms. The molecule has 2 aliphatic rings. The van der Waals surface area contributed by atoms with E-state index >= 15 is 0 Å². The fourth-order valence-corrected chi connectivity index (χ4v) is 4.33. The first-order chi connectivity index (χ1) is 11.3. The molecule has 0 spiro atoms. The molecule has 0 bridgehead atoms. The van der Waals surface area contributed by atoms with Gasteiger partial charge in [0.1, 0.15) is 0 Å². The maximum atomic E-state index is 5.79. The number of rotatable bonds is 3. The van der Waals surface area contributed by atoms with Crippen LogP contribution in [-0.2, 0) is 26.2 Å². The summed E-state index contributed by atoms with van der Waals surface area (Å²) >= 11 is 0. The zero-order valence-electron chi connectivity index (χ0n) is 14.7. The topological polar surface area (TPSA) is 0 Å². The van der Waals surface area contributed by atoms with Crippen molar-refractivity contribution in [1.29, 1.82) is 0 Å². The molecule has 0 fully saturated rings. The quantitative estimate of drug-likeness (QED) is 0.455. The Morgan fingerprint density at radius 1 is 1.00 bits per heavy atom. The Morgan fingerprint density at radius 3 is 2.00 bits per heavy atom. The van der Waals surface area contributed by atoms with Gasteiger partial charge in [0.15, 0.2) is 0 Å². The largest absolute Gasteiger partial charge is 0.147 e. The smallest absolute Gasteiger partial charge is 0.0202 e. The number of fused-ring (bicyclic) bond motifs is 3. The molecule has 4 rings (SSSR count). The van der Waals surface area contributed by atoms with Crippen molar-refractivity contribution in [1.82, 2.24) is 0 Å². The van der Waals surface area contributed by atoms with Gasteiger partial charge in [0.25, 0.3) is 0 Å². The molecule has 2 aromatic carbocycles. The SMILES string of the molecule is C#CCC(C)(C1=CC=CC1)C1c2ccccc2-c2ccccc21.Cl.Cl.[Zr]. The van der Waals surface area contributed by atoms with E-state index in [9.17, 15) is 0 Å². The molecule has 0 aromatic heterocycles. The molecular weight excluding hydrogens is 438 g/mol. The number of terminal acetylenes is 1. The van der Waals surface area contributed by atoms with Crippen LogP contribution in [0.4, 0.5) is 0 Å². The summed E-state index contributed by atoms with van der Waals surface area (Å²) in [7, 11) is 0. The fourth-order valence-electron chi connectivity index (χ4n) is 4.33. The van der Waals surface area contributed by atoms with Crippen molar-refractivity contribution in [2.75, 3.05) is 0 Å². The van der Waals surface area contributed by atoms with Gasteiger partial charge in [0.2, 0.25) is 0 Å². The van der Waals surface area contributed by atoms with Gasteiger partial charge in [-0.1, -0.05) is 79.3 Å². The molecule has 0 aliphatic heterocycles. The van der Waals surface area contributed by atoms with Crippen LogP contribution in [0.3, 0.4) is 0 Å². The van der Waals surface area contributed by atoms with Crippen molar-refractivity contribution < 1.29 is 26.2 Å². The van der Waals surface area contributed by atoms with Crippen molar-refractivity contribution in [3.63, 3.8) is 0 Å². The Hall–Kier alpha value is -1.06. The van der Waals surface area contributed by atoms with E-state index in [1.54, 1.807) is 0 Å². The third-order valence-corrected chi connectivity index (χ3v) is 5.45.